The second-order valence-electron chi connectivity index (χ2n) is 11.3. The molecule has 0 radical (unpaired) electrons. The average Bonchev–Trinajstić information content (AvgIpc) is 2.97. The Bertz CT molecular complexity index is 1270. The molecule has 1 aliphatic heterocycles. The van der Waals surface area contributed by atoms with Gasteiger partial charge >= 0.3 is 6.09 Å². The number of nitrogens with zero attached hydrogens (tertiary/aromatic N) is 2. The summed E-state index contributed by atoms with van der Waals surface area (Å²) in [6.45, 7) is 8.59. The Morgan fingerprint density at radius 3 is 2.48 bits per heavy atom. The molecule has 3 aromatic carbocycles. The number of para-hydroxylation sites is 1. The molecule has 1 amide bonds. The largest absolute Gasteiger partial charge is 0.446 e. The number of aliphatic hydroxyl groups excluding tert-OH is 1. The number of hydrogen-bond donors (Lipinski definition) is 2. The van der Waals surface area contributed by atoms with Crippen LogP contribution in [0.3, 0.4) is 0 Å². The summed E-state index contributed by atoms with van der Waals surface area (Å²) in [5, 5.41) is 12.5. The molecular weight excluding hydrogens is 502 g/mol. The van der Waals surface area contributed by atoms with Crippen molar-refractivity contribution in [1.82, 2.24) is 9.80 Å². The first-order valence-corrected chi connectivity index (χ1v) is 14.0. The van der Waals surface area contributed by atoms with Gasteiger partial charge in [-0.1, -0.05) is 80.6 Å². The summed E-state index contributed by atoms with van der Waals surface area (Å²) in [7, 11) is 2.10. The third-order valence-corrected chi connectivity index (χ3v) is 7.68. The van der Waals surface area contributed by atoms with Gasteiger partial charge in [0.2, 0.25) is 0 Å². The first-order valence-electron chi connectivity index (χ1n) is 14.0. The van der Waals surface area contributed by atoms with Crippen molar-refractivity contribution >= 4 is 18.1 Å². The van der Waals surface area contributed by atoms with Crippen molar-refractivity contribution < 1.29 is 19.4 Å². The van der Waals surface area contributed by atoms with Crippen molar-refractivity contribution in [1.29, 1.82) is 0 Å². The zero-order valence-corrected chi connectivity index (χ0v) is 23.8. The van der Waals surface area contributed by atoms with Crippen LogP contribution in [0.2, 0.25) is 0 Å². The van der Waals surface area contributed by atoms with Crippen LogP contribution in [0.1, 0.15) is 48.2 Å². The Labute approximate surface area is 237 Å². The number of nitrogens with one attached hydrogen (secondary N) is 1. The van der Waals surface area contributed by atoms with Crippen LogP contribution in [-0.2, 0) is 16.8 Å². The van der Waals surface area contributed by atoms with Crippen molar-refractivity contribution in [3.63, 3.8) is 0 Å². The molecule has 1 aliphatic rings. The van der Waals surface area contributed by atoms with Gasteiger partial charge in [0.15, 0.2) is 0 Å². The van der Waals surface area contributed by atoms with Crippen LogP contribution in [0, 0.1) is 0 Å². The minimum Gasteiger partial charge on any atom is -0.446 e. The van der Waals surface area contributed by atoms with E-state index in [1.165, 1.54) is 0 Å². The van der Waals surface area contributed by atoms with Crippen LogP contribution in [0.5, 0.6) is 0 Å². The molecule has 0 aromatic heterocycles. The van der Waals surface area contributed by atoms with Crippen molar-refractivity contribution in [2.75, 3.05) is 45.1 Å². The van der Waals surface area contributed by atoms with Gasteiger partial charge in [0.05, 0.1) is 12.3 Å². The minimum absolute atomic E-state index is 0.0413. The number of aldehydes is 1. The van der Waals surface area contributed by atoms with E-state index in [0.717, 1.165) is 79.8 Å². The highest BCUT2D eigenvalue weighted by Gasteiger charge is 2.27. The number of anilines is 1. The van der Waals surface area contributed by atoms with Gasteiger partial charge in [-0.2, -0.15) is 0 Å². The first-order chi connectivity index (χ1) is 19.3. The SMILES string of the molecule is CN(CCN1CCC(OC(=O)Nc2ccccc2-c2ccccc2)CC1)CC(C)(C)c1cc(CO)ccc1C=O. The van der Waals surface area contributed by atoms with Crippen molar-refractivity contribution in [3.05, 3.63) is 89.5 Å². The molecule has 7 nitrogen and oxygen atoms in total. The van der Waals surface area contributed by atoms with Crippen LogP contribution in [-0.4, -0.2) is 73.2 Å². The number of carbonyl (C=O) groups excluding carboxylic acids is 2. The lowest BCUT2D eigenvalue weighted by Crippen LogP contribution is -2.43. The molecule has 0 aliphatic carbocycles. The van der Waals surface area contributed by atoms with Crippen LogP contribution in [0.4, 0.5) is 10.5 Å². The number of hydrogen-bond acceptors (Lipinski definition) is 6. The number of rotatable bonds is 11. The highest BCUT2D eigenvalue weighted by Crippen LogP contribution is 2.29. The molecule has 0 unspecified atom stereocenters. The number of aliphatic hydroxyl groups is 1. The fourth-order valence-electron chi connectivity index (χ4n) is 5.54. The topological polar surface area (TPSA) is 82.1 Å². The van der Waals surface area contributed by atoms with Gasteiger partial charge < -0.3 is 19.6 Å². The fraction of sp³-hybridized carbons (Fsp3) is 0.394. The molecule has 1 fully saturated rings. The Kier molecular flexibility index (Phi) is 10.1. The van der Waals surface area contributed by atoms with Gasteiger partial charge in [0, 0.05) is 49.3 Å². The van der Waals surface area contributed by atoms with E-state index in [9.17, 15) is 14.7 Å². The Morgan fingerprint density at radius 2 is 1.77 bits per heavy atom. The highest BCUT2D eigenvalue weighted by molar-refractivity contribution is 5.91. The summed E-state index contributed by atoms with van der Waals surface area (Å²) in [6, 6.07) is 23.3. The van der Waals surface area contributed by atoms with Crippen molar-refractivity contribution in [3.8, 4) is 11.1 Å². The van der Waals surface area contributed by atoms with E-state index in [1.54, 1.807) is 12.1 Å². The smallest absolute Gasteiger partial charge is 0.411 e. The zero-order chi connectivity index (χ0) is 28.5. The maximum atomic E-state index is 12.7. The predicted molar refractivity (Wildman–Crippen MR) is 160 cm³/mol. The lowest BCUT2D eigenvalue weighted by Gasteiger charge is -2.35. The van der Waals surface area contributed by atoms with E-state index in [1.807, 2.05) is 60.7 Å². The maximum Gasteiger partial charge on any atom is 0.411 e. The first kappa shape index (κ1) is 29.5. The number of ether oxygens (including phenoxy) is 1. The minimum atomic E-state index is -0.413. The second kappa shape index (κ2) is 13.7. The van der Waals surface area contributed by atoms with E-state index < -0.39 is 6.09 Å². The summed E-state index contributed by atoms with van der Waals surface area (Å²) in [5.41, 5.74) is 4.95. The zero-order valence-electron chi connectivity index (χ0n) is 23.8. The molecule has 1 heterocycles. The molecule has 2 N–H and O–H groups in total. The van der Waals surface area contributed by atoms with Gasteiger partial charge in [0.1, 0.15) is 12.4 Å². The predicted octanol–water partition coefficient (Wildman–Crippen LogP) is 5.58. The van der Waals surface area contributed by atoms with E-state index in [4.69, 9.17) is 4.74 Å². The molecular formula is C33H41N3O4. The standard InChI is InChI=1S/C33H41N3O4/c1-33(2,30-21-25(22-37)13-14-27(30)23-38)24-35(3)19-20-36-17-15-28(16-18-36)40-32(39)34-31-12-8-7-11-29(31)26-9-5-4-6-10-26/h4-14,21,23,28,37H,15-20,22,24H2,1-3H3,(H,34,39). The Balaban J connectivity index is 1.22. The van der Waals surface area contributed by atoms with Gasteiger partial charge in [-0.25, -0.2) is 4.79 Å². The van der Waals surface area contributed by atoms with Crippen LogP contribution >= 0.6 is 0 Å². The summed E-state index contributed by atoms with van der Waals surface area (Å²) in [4.78, 5) is 29.0. The van der Waals surface area contributed by atoms with E-state index in [-0.39, 0.29) is 18.1 Å². The molecule has 7 heteroatoms. The van der Waals surface area contributed by atoms with Gasteiger partial charge in [0.25, 0.3) is 0 Å². The van der Waals surface area contributed by atoms with Crippen LogP contribution in [0.25, 0.3) is 11.1 Å². The molecule has 0 bridgehead atoms. The summed E-state index contributed by atoms with van der Waals surface area (Å²) >= 11 is 0. The number of piperidine rings is 1. The lowest BCUT2D eigenvalue weighted by molar-refractivity contribution is 0.0560. The Hall–Kier alpha value is -3.52. The monoisotopic (exact) mass is 543 g/mol. The number of benzene rings is 3. The average molecular weight is 544 g/mol. The molecule has 0 atom stereocenters. The second-order valence-corrected chi connectivity index (χ2v) is 11.3. The molecule has 0 spiro atoms. The number of carbonyl (C=O) groups is 2. The number of likely N-dealkylation sites (N-methyl/N-ethyl adjacent to an activating group) is 1. The molecule has 4 rings (SSSR count). The molecule has 0 saturated carbocycles. The van der Waals surface area contributed by atoms with Gasteiger partial charge in [-0.15, -0.1) is 0 Å². The van der Waals surface area contributed by atoms with Crippen molar-refractivity contribution in [2.45, 2.75) is 44.8 Å². The summed E-state index contributed by atoms with van der Waals surface area (Å²) in [6.07, 6.45) is 1.99. The Morgan fingerprint density at radius 1 is 1.07 bits per heavy atom. The number of likely N-dealkylation sites (tertiary alicyclic amines) is 1. The van der Waals surface area contributed by atoms with Gasteiger partial charge in [-0.05, 0) is 42.6 Å². The van der Waals surface area contributed by atoms with E-state index in [0.29, 0.717) is 5.56 Å². The third kappa shape index (κ3) is 7.78. The van der Waals surface area contributed by atoms with Crippen LogP contribution in [0.15, 0.2) is 72.8 Å². The van der Waals surface area contributed by atoms with E-state index in [2.05, 4.69) is 36.0 Å². The maximum absolute atomic E-state index is 12.7. The number of amides is 1. The highest BCUT2D eigenvalue weighted by atomic mass is 16.6. The van der Waals surface area contributed by atoms with E-state index >= 15 is 0 Å². The summed E-state index contributed by atoms with van der Waals surface area (Å²) in [5.74, 6) is 0. The quantitative estimate of drug-likeness (QED) is 0.307. The van der Waals surface area contributed by atoms with Gasteiger partial charge in [-0.3, -0.25) is 10.1 Å². The fourth-order valence-corrected chi connectivity index (χ4v) is 5.54. The molecule has 1 saturated heterocycles. The third-order valence-electron chi connectivity index (χ3n) is 7.68. The summed E-state index contributed by atoms with van der Waals surface area (Å²) < 4.78 is 5.78. The lowest BCUT2D eigenvalue weighted by atomic mass is 9.80. The molecule has 40 heavy (non-hydrogen) atoms. The van der Waals surface area contributed by atoms with Crippen LogP contribution < -0.4 is 5.32 Å². The molecule has 212 valence electrons. The molecule has 3 aromatic rings. The normalized spacial score (nSPS) is 14.7. The van der Waals surface area contributed by atoms with Crippen molar-refractivity contribution in [2.24, 2.45) is 0 Å².